The zero-order valence-electron chi connectivity index (χ0n) is 43.4. The van der Waals surface area contributed by atoms with Crippen LogP contribution in [0, 0.1) is 0 Å². The van der Waals surface area contributed by atoms with Gasteiger partial charge in [-0.05, 0) is 103 Å². The van der Waals surface area contributed by atoms with Crippen LogP contribution in [0.5, 0.6) is 0 Å². The van der Waals surface area contributed by atoms with Gasteiger partial charge in [0.1, 0.15) is 13.2 Å². The molecule has 0 radical (unpaired) electrons. The molecule has 0 heterocycles. The lowest BCUT2D eigenvalue weighted by Gasteiger charge is -2.18. The van der Waals surface area contributed by atoms with Gasteiger partial charge in [0, 0.05) is 19.3 Å². The predicted molar refractivity (Wildman–Crippen MR) is 288 cm³/mol. The fourth-order valence-electron chi connectivity index (χ4n) is 7.17. The van der Waals surface area contributed by atoms with Gasteiger partial charge in [-0.1, -0.05) is 226 Å². The Balaban J connectivity index is 4.47. The van der Waals surface area contributed by atoms with Crippen LogP contribution in [0.15, 0.2) is 109 Å². The molecule has 0 aliphatic heterocycles. The Bertz CT molecular complexity index is 1390. The third kappa shape index (κ3) is 52.9. The predicted octanol–water partition coefficient (Wildman–Crippen LogP) is 18.3. The summed E-state index contributed by atoms with van der Waals surface area (Å²) in [6.45, 7) is 6.42. The van der Waals surface area contributed by atoms with Crippen molar-refractivity contribution < 1.29 is 28.6 Å². The highest BCUT2D eigenvalue weighted by atomic mass is 16.6. The second-order valence-electron chi connectivity index (χ2n) is 17.8. The van der Waals surface area contributed by atoms with Crippen LogP contribution in [0.2, 0.25) is 0 Å². The van der Waals surface area contributed by atoms with Gasteiger partial charge in [0.2, 0.25) is 0 Å². The Kier molecular flexibility index (Phi) is 51.5. The molecule has 6 nitrogen and oxygen atoms in total. The Morgan fingerprint density at radius 2 is 0.597 bits per heavy atom. The number of esters is 3. The van der Waals surface area contributed by atoms with Crippen LogP contribution in [-0.4, -0.2) is 37.2 Å². The van der Waals surface area contributed by atoms with Crippen molar-refractivity contribution in [1.82, 2.24) is 0 Å². The molecule has 380 valence electrons. The summed E-state index contributed by atoms with van der Waals surface area (Å²) in [6.07, 6.45) is 73.6. The SMILES string of the molecule is CC/C=C\C/C=C\C/C=C\C/C=C\C/C=C\C/C=C\C/C=C\CCCC(=O)OCC(COC(=O)CCCCCCCCCCCCC)OC(=O)CCCCCCC/C=C\C/C=C\CCCCC. The Labute approximate surface area is 412 Å². The molecule has 0 aromatic carbocycles. The second-order valence-corrected chi connectivity index (χ2v) is 17.8. The van der Waals surface area contributed by atoms with Gasteiger partial charge in [-0.3, -0.25) is 14.4 Å². The maximum atomic E-state index is 12.8. The maximum absolute atomic E-state index is 12.8. The monoisotopic (exact) mass is 929 g/mol. The van der Waals surface area contributed by atoms with Crippen LogP contribution in [0.3, 0.4) is 0 Å². The first-order chi connectivity index (χ1) is 33.0. The van der Waals surface area contributed by atoms with Crippen LogP contribution >= 0.6 is 0 Å². The summed E-state index contributed by atoms with van der Waals surface area (Å²) < 4.78 is 16.8. The number of allylic oxidation sites excluding steroid dienone is 18. The van der Waals surface area contributed by atoms with E-state index in [0.29, 0.717) is 19.3 Å². The molecule has 0 saturated carbocycles. The summed E-state index contributed by atoms with van der Waals surface area (Å²) in [6, 6.07) is 0. The molecule has 0 spiro atoms. The standard InChI is InChI=1S/C61H100O6/c1-4-7-10-13-16-19-22-24-26-27-28-29-30-31-32-33-35-36-39-42-45-48-51-54-60(63)66-57-58(56-65-59(62)53-50-47-44-41-38-21-18-15-12-9-6-3)67-61(64)55-52-49-46-43-40-37-34-25-23-20-17-14-11-8-5-2/h7,10,16-17,19-20,24-26,28-29,31-32,34-36,42,45,58H,4-6,8-9,11-15,18,21-23,27,30,33,37-41,43-44,46-57H2,1-3H3/b10-7-,19-16-,20-17-,26-24-,29-28-,32-31-,34-25-,36-35-,45-42-. The first-order valence-corrected chi connectivity index (χ1v) is 27.4. The molecule has 0 bridgehead atoms. The lowest BCUT2D eigenvalue weighted by atomic mass is 10.1. The van der Waals surface area contributed by atoms with Crippen LogP contribution in [0.4, 0.5) is 0 Å². The van der Waals surface area contributed by atoms with Crippen LogP contribution in [0.1, 0.15) is 239 Å². The van der Waals surface area contributed by atoms with Crippen molar-refractivity contribution in [2.45, 2.75) is 245 Å². The van der Waals surface area contributed by atoms with E-state index < -0.39 is 6.10 Å². The van der Waals surface area contributed by atoms with E-state index in [-0.39, 0.29) is 37.5 Å². The second kappa shape index (κ2) is 54.7. The van der Waals surface area contributed by atoms with Crippen LogP contribution in [-0.2, 0) is 28.6 Å². The number of hydrogen-bond acceptors (Lipinski definition) is 6. The molecule has 0 aromatic rings. The molecular formula is C61H100O6. The summed E-state index contributed by atoms with van der Waals surface area (Å²) in [4.78, 5) is 38.0. The van der Waals surface area contributed by atoms with Gasteiger partial charge in [0.15, 0.2) is 6.10 Å². The average molecular weight is 929 g/mol. The minimum absolute atomic E-state index is 0.102. The third-order valence-corrected chi connectivity index (χ3v) is 11.3. The molecule has 0 saturated heterocycles. The Hall–Kier alpha value is -3.93. The van der Waals surface area contributed by atoms with Gasteiger partial charge in [-0.2, -0.15) is 0 Å². The minimum atomic E-state index is -0.808. The molecule has 0 rings (SSSR count). The topological polar surface area (TPSA) is 78.9 Å². The quantitative estimate of drug-likeness (QED) is 0.0262. The highest BCUT2D eigenvalue weighted by molar-refractivity contribution is 5.71. The zero-order valence-corrected chi connectivity index (χ0v) is 43.4. The highest BCUT2D eigenvalue weighted by Crippen LogP contribution is 2.14. The number of hydrogen-bond donors (Lipinski definition) is 0. The van der Waals surface area contributed by atoms with E-state index in [1.807, 2.05) is 0 Å². The Morgan fingerprint density at radius 1 is 0.313 bits per heavy atom. The number of ether oxygens (including phenoxy) is 3. The first kappa shape index (κ1) is 63.1. The van der Waals surface area contributed by atoms with Crippen molar-refractivity contribution in [1.29, 1.82) is 0 Å². The third-order valence-electron chi connectivity index (χ3n) is 11.3. The van der Waals surface area contributed by atoms with Gasteiger partial charge in [-0.25, -0.2) is 0 Å². The lowest BCUT2D eigenvalue weighted by molar-refractivity contribution is -0.167. The van der Waals surface area contributed by atoms with E-state index in [4.69, 9.17) is 14.2 Å². The molecule has 1 unspecified atom stereocenters. The Morgan fingerprint density at radius 3 is 1.00 bits per heavy atom. The minimum Gasteiger partial charge on any atom is -0.462 e. The summed E-state index contributed by atoms with van der Waals surface area (Å²) in [5, 5.41) is 0. The van der Waals surface area contributed by atoms with Crippen molar-refractivity contribution in [2.75, 3.05) is 13.2 Å². The molecule has 0 amide bonds. The number of rotatable bonds is 48. The molecule has 0 aliphatic carbocycles. The van der Waals surface area contributed by atoms with Gasteiger partial charge in [0.25, 0.3) is 0 Å². The van der Waals surface area contributed by atoms with Gasteiger partial charge >= 0.3 is 17.9 Å². The summed E-state index contributed by atoms with van der Waals surface area (Å²) in [5.74, 6) is -0.981. The van der Waals surface area contributed by atoms with Crippen molar-refractivity contribution >= 4 is 17.9 Å². The van der Waals surface area contributed by atoms with E-state index in [1.54, 1.807) is 0 Å². The molecule has 0 aliphatic rings. The van der Waals surface area contributed by atoms with Crippen molar-refractivity contribution in [3.05, 3.63) is 109 Å². The largest absolute Gasteiger partial charge is 0.462 e. The van der Waals surface area contributed by atoms with Crippen LogP contribution in [0.25, 0.3) is 0 Å². The van der Waals surface area contributed by atoms with Crippen molar-refractivity contribution in [2.24, 2.45) is 0 Å². The lowest BCUT2D eigenvalue weighted by Crippen LogP contribution is -2.30. The molecule has 0 N–H and O–H groups in total. The normalized spacial score (nSPS) is 12.9. The van der Waals surface area contributed by atoms with E-state index in [0.717, 1.165) is 116 Å². The highest BCUT2D eigenvalue weighted by Gasteiger charge is 2.19. The molecule has 67 heavy (non-hydrogen) atoms. The van der Waals surface area contributed by atoms with Gasteiger partial charge in [0.05, 0.1) is 0 Å². The smallest absolute Gasteiger partial charge is 0.306 e. The molecule has 0 aromatic heterocycles. The van der Waals surface area contributed by atoms with E-state index >= 15 is 0 Å². The van der Waals surface area contributed by atoms with Gasteiger partial charge in [-0.15, -0.1) is 0 Å². The fourth-order valence-corrected chi connectivity index (χ4v) is 7.17. The molecule has 1 atom stereocenters. The average Bonchev–Trinajstić information content (AvgIpc) is 3.33. The van der Waals surface area contributed by atoms with Gasteiger partial charge < -0.3 is 14.2 Å². The van der Waals surface area contributed by atoms with Crippen molar-refractivity contribution in [3.8, 4) is 0 Å². The van der Waals surface area contributed by atoms with E-state index in [2.05, 4.69) is 130 Å². The maximum Gasteiger partial charge on any atom is 0.306 e. The van der Waals surface area contributed by atoms with Crippen LogP contribution < -0.4 is 0 Å². The molecular weight excluding hydrogens is 829 g/mol. The summed E-state index contributed by atoms with van der Waals surface area (Å²) in [7, 11) is 0. The molecule has 6 heteroatoms. The summed E-state index contributed by atoms with van der Waals surface area (Å²) in [5.41, 5.74) is 0. The first-order valence-electron chi connectivity index (χ1n) is 27.4. The van der Waals surface area contributed by atoms with E-state index in [1.165, 1.54) is 77.0 Å². The summed E-state index contributed by atoms with van der Waals surface area (Å²) >= 11 is 0. The zero-order chi connectivity index (χ0) is 48.6. The van der Waals surface area contributed by atoms with Crippen molar-refractivity contribution in [3.63, 3.8) is 0 Å². The molecule has 0 fully saturated rings. The fraction of sp³-hybridized carbons (Fsp3) is 0.656. The number of unbranched alkanes of at least 4 members (excludes halogenated alkanes) is 19. The van der Waals surface area contributed by atoms with E-state index in [9.17, 15) is 14.4 Å². The number of carbonyl (C=O) groups excluding carboxylic acids is 3. The number of carbonyl (C=O) groups is 3.